The molecule has 1 amide bonds. The topological polar surface area (TPSA) is 20.3 Å². The zero-order valence-electron chi connectivity index (χ0n) is 13.2. The number of nitrogens with zero attached hydrogens (tertiary/aromatic N) is 1. The molecule has 1 saturated heterocycles. The molecule has 1 atom stereocenters. The molecule has 0 spiro atoms. The Labute approximate surface area is 146 Å². The monoisotopic (exact) mass is 345 g/mol. The zero-order valence-corrected chi connectivity index (χ0v) is 14.7. The van der Waals surface area contributed by atoms with E-state index in [2.05, 4.69) is 6.07 Å². The third kappa shape index (κ3) is 3.91. The van der Waals surface area contributed by atoms with Gasteiger partial charge in [-0.1, -0.05) is 47.5 Å². The number of benzene rings is 2. The van der Waals surface area contributed by atoms with Crippen molar-refractivity contribution in [2.24, 2.45) is 0 Å². The highest BCUT2D eigenvalue weighted by atomic mass is 35.5. The first-order valence-electron chi connectivity index (χ1n) is 7.87. The maximum absolute atomic E-state index is 12.7. The summed E-state index contributed by atoms with van der Waals surface area (Å²) in [5.41, 5.74) is 3.13. The third-order valence-electron chi connectivity index (χ3n) is 4.18. The molecule has 1 fully saturated rings. The van der Waals surface area contributed by atoms with Crippen LogP contribution in [0.2, 0.25) is 5.02 Å². The third-order valence-corrected chi connectivity index (χ3v) is 5.83. The summed E-state index contributed by atoms with van der Waals surface area (Å²) in [6, 6.07) is 15.8. The molecule has 120 valence electrons. The van der Waals surface area contributed by atoms with Crippen molar-refractivity contribution in [1.29, 1.82) is 0 Å². The van der Waals surface area contributed by atoms with Gasteiger partial charge in [0.1, 0.15) is 0 Å². The van der Waals surface area contributed by atoms with Crippen LogP contribution in [0.3, 0.4) is 0 Å². The normalized spacial score (nSPS) is 18.5. The number of halogens is 1. The molecule has 0 aromatic heterocycles. The van der Waals surface area contributed by atoms with Crippen LogP contribution in [0, 0.1) is 6.92 Å². The number of thioether (sulfide) groups is 1. The molecule has 1 aliphatic heterocycles. The van der Waals surface area contributed by atoms with Crippen LogP contribution in [0.4, 0.5) is 0 Å². The Morgan fingerprint density at radius 2 is 1.87 bits per heavy atom. The van der Waals surface area contributed by atoms with Gasteiger partial charge >= 0.3 is 0 Å². The first-order valence-corrected chi connectivity index (χ1v) is 9.30. The lowest BCUT2D eigenvalue weighted by atomic mass is 10.1. The van der Waals surface area contributed by atoms with E-state index in [-0.39, 0.29) is 5.91 Å². The predicted octanol–water partition coefficient (Wildman–Crippen LogP) is 4.97. The summed E-state index contributed by atoms with van der Waals surface area (Å²) in [4.78, 5) is 14.6. The maximum Gasteiger partial charge on any atom is 0.253 e. The second-order valence-corrected chi connectivity index (χ2v) is 7.55. The van der Waals surface area contributed by atoms with Crippen LogP contribution in [-0.4, -0.2) is 29.6 Å². The number of amides is 1. The number of aryl methyl sites for hydroxylation is 1. The largest absolute Gasteiger partial charge is 0.338 e. The quantitative estimate of drug-likeness (QED) is 0.766. The molecular formula is C19H20ClNOS. The van der Waals surface area contributed by atoms with Crippen LogP contribution >= 0.6 is 23.4 Å². The van der Waals surface area contributed by atoms with Crippen molar-refractivity contribution < 1.29 is 4.79 Å². The lowest BCUT2D eigenvalue weighted by Gasteiger charge is -2.20. The van der Waals surface area contributed by atoms with E-state index in [1.165, 1.54) is 11.1 Å². The SMILES string of the molecule is Cc1ccc(C(=O)N2CCSC(c3ccccc3Cl)CC2)cc1. The number of hydrogen-bond donors (Lipinski definition) is 0. The molecule has 1 heterocycles. The van der Waals surface area contributed by atoms with E-state index in [9.17, 15) is 4.79 Å². The molecule has 1 unspecified atom stereocenters. The fourth-order valence-electron chi connectivity index (χ4n) is 2.84. The lowest BCUT2D eigenvalue weighted by molar-refractivity contribution is 0.0766. The van der Waals surface area contributed by atoms with Gasteiger partial charge in [0, 0.05) is 34.7 Å². The van der Waals surface area contributed by atoms with Crippen molar-refractivity contribution in [2.75, 3.05) is 18.8 Å². The second-order valence-electron chi connectivity index (χ2n) is 5.83. The van der Waals surface area contributed by atoms with Gasteiger partial charge in [0.15, 0.2) is 0 Å². The molecule has 2 nitrogen and oxygen atoms in total. The summed E-state index contributed by atoms with van der Waals surface area (Å²) in [6.45, 7) is 3.60. The average Bonchev–Trinajstić information content (AvgIpc) is 2.81. The van der Waals surface area contributed by atoms with Crippen LogP contribution in [0.25, 0.3) is 0 Å². The van der Waals surface area contributed by atoms with Crippen LogP contribution in [0.1, 0.15) is 33.2 Å². The van der Waals surface area contributed by atoms with Crippen LogP contribution in [0.5, 0.6) is 0 Å². The summed E-state index contributed by atoms with van der Waals surface area (Å²) >= 11 is 8.22. The molecule has 0 bridgehead atoms. The number of rotatable bonds is 2. The molecule has 2 aromatic carbocycles. The molecule has 2 aromatic rings. The van der Waals surface area contributed by atoms with Crippen molar-refractivity contribution in [1.82, 2.24) is 4.90 Å². The Balaban J connectivity index is 1.70. The minimum atomic E-state index is 0.130. The molecule has 23 heavy (non-hydrogen) atoms. The fraction of sp³-hybridized carbons (Fsp3) is 0.316. The van der Waals surface area contributed by atoms with E-state index in [0.29, 0.717) is 5.25 Å². The van der Waals surface area contributed by atoms with Gasteiger partial charge in [-0.3, -0.25) is 4.79 Å². The Hall–Kier alpha value is -1.45. The van der Waals surface area contributed by atoms with E-state index in [4.69, 9.17) is 11.6 Å². The summed E-state index contributed by atoms with van der Waals surface area (Å²) in [5, 5.41) is 1.18. The van der Waals surface area contributed by atoms with Crippen molar-refractivity contribution in [2.45, 2.75) is 18.6 Å². The molecule has 0 radical (unpaired) electrons. The van der Waals surface area contributed by atoms with Crippen molar-refractivity contribution in [3.63, 3.8) is 0 Å². The smallest absolute Gasteiger partial charge is 0.253 e. The van der Waals surface area contributed by atoms with Crippen molar-refractivity contribution in [3.05, 3.63) is 70.2 Å². The Morgan fingerprint density at radius 1 is 1.13 bits per heavy atom. The fourth-order valence-corrected chi connectivity index (χ4v) is 4.44. The molecule has 3 rings (SSSR count). The van der Waals surface area contributed by atoms with Crippen LogP contribution in [-0.2, 0) is 0 Å². The molecule has 0 aliphatic carbocycles. The van der Waals surface area contributed by atoms with Crippen molar-refractivity contribution in [3.8, 4) is 0 Å². The predicted molar refractivity (Wildman–Crippen MR) is 98.4 cm³/mol. The van der Waals surface area contributed by atoms with E-state index in [1.54, 1.807) is 0 Å². The average molecular weight is 346 g/mol. The van der Waals surface area contributed by atoms with Gasteiger partial charge < -0.3 is 4.90 Å². The Bertz CT molecular complexity index is 686. The lowest BCUT2D eigenvalue weighted by Crippen LogP contribution is -2.32. The first-order chi connectivity index (χ1) is 11.1. The highest BCUT2D eigenvalue weighted by molar-refractivity contribution is 7.99. The number of carbonyl (C=O) groups is 1. The second kappa shape index (κ2) is 7.41. The van der Waals surface area contributed by atoms with Gasteiger partial charge in [-0.15, -0.1) is 0 Å². The van der Waals surface area contributed by atoms with Crippen LogP contribution < -0.4 is 0 Å². The zero-order chi connectivity index (χ0) is 16.2. The summed E-state index contributed by atoms with van der Waals surface area (Å²) in [7, 11) is 0. The molecule has 1 aliphatic rings. The van der Waals surface area contributed by atoms with E-state index < -0.39 is 0 Å². The number of hydrogen-bond acceptors (Lipinski definition) is 2. The van der Waals surface area contributed by atoms with Gasteiger partial charge in [-0.05, 0) is 37.1 Å². The summed E-state index contributed by atoms with van der Waals surface area (Å²) in [6.07, 6.45) is 0.937. The molecule has 4 heteroatoms. The highest BCUT2D eigenvalue weighted by Gasteiger charge is 2.23. The van der Waals surface area contributed by atoms with Gasteiger partial charge in [-0.25, -0.2) is 0 Å². The van der Waals surface area contributed by atoms with Gasteiger partial charge in [0.2, 0.25) is 0 Å². The van der Waals surface area contributed by atoms with Crippen LogP contribution in [0.15, 0.2) is 48.5 Å². The van der Waals surface area contributed by atoms with Gasteiger partial charge in [0.25, 0.3) is 5.91 Å². The van der Waals surface area contributed by atoms with E-state index in [1.807, 2.05) is 66.1 Å². The van der Waals surface area contributed by atoms with E-state index >= 15 is 0 Å². The van der Waals surface area contributed by atoms with Crippen molar-refractivity contribution >= 4 is 29.3 Å². The highest BCUT2D eigenvalue weighted by Crippen LogP contribution is 2.37. The molecule has 0 N–H and O–H groups in total. The minimum absolute atomic E-state index is 0.130. The van der Waals surface area contributed by atoms with E-state index in [0.717, 1.165) is 35.8 Å². The summed E-state index contributed by atoms with van der Waals surface area (Å²) < 4.78 is 0. The first kappa shape index (κ1) is 16.4. The van der Waals surface area contributed by atoms with Gasteiger partial charge in [0.05, 0.1) is 0 Å². The maximum atomic E-state index is 12.7. The molecular weight excluding hydrogens is 326 g/mol. The minimum Gasteiger partial charge on any atom is -0.338 e. The Morgan fingerprint density at radius 3 is 2.61 bits per heavy atom. The molecule has 0 saturated carbocycles. The Kier molecular flexibility index (Phi) is 5.29. The summed E-state index contributed by atoms with van der Waals surface area (Å²) in [5.74, 6) is 1.07. The van der Waals surface area contributed by atoms with Gasteiger partial charge in [-0.2, -0.15) is 11.8 Å². The standard InChI is InChI=1S/C19H20ClNOS/c1-14-6-8-15(9-7-14)19(22)21-11-10-18(23-13-12-21)16-4-2-3-5-17(16)20/h2-9,18H,10-13H2,1H3. The number of carbonyl (C=O) groups excluding carboxylic acids is 1.